The lowest BCUT2D eigenvalue weighted by Crippen LogP contribution is -2.39. The second-order valence-corrected chi connectivity index (χ2v) is 6.67. The second kappa shape index (κ2) is 4.17. The van der Waals surface area contributed by atoms with Crippen LogP contribution in [0.1, 0.15) is 23.4 Å². The summed E-state index contributed by atoms with van der Waals surface area (Å²) >= 11 is 1.67. The molecule has 0 N–H and O–H groups in total. The highest BCUT2D eigenvalue weighted by molar-refractivity contribution is 7.89. The van der Waals surface area contributed by atoms with Crippen LogP contribution in [0.5, 0.6) is 0 Å². The number of fused-ring (bicyclic) bond motifs is 1. The summed E-state index contributed by atoms with van der Waals surface area (Å²) in [5.41, 5.74) is 1.08. The first-order chi connectivity index (χ1) is 7.56. The predicted molar refractivity (Wildman–Crippen MR) is 62.5 cm³/mol. The van der Waals surface area contributed by atoms with E-state index in [0.717, 1.165) is 12.0 Å². The lowest BCUT2D eigenvalue weighted by molar-refractivity contribution is 0.330. The summed E-state index contributed by atoms with van der Waals surface area (Å²) < 4.78 is 25.1. The Hall–Kier alpha value is -0.900. The Morgan fingerprint density at radius 1 is 1.69 bits per heavy atom. The second-order valence-electron chi connectivity index (χ2n) is 3.75. The number of sulfonamides is 1. The Kier molecular flexibility index (Phi) is 3.02. The Morgan fingerprint density at radius 2 is 2.44 bits per heavy atom. The van der Waals surface area contributed by atoms with Gasteiger partial charge >= 0.3 is 0 Å². The molecule has 0 aliphatic carbocycles. The maximum absolute atomic E-state index is 11.8. The van der Waals surface area contributed by atoms with Crippen LogP contribution in [0.15, 0.2) is 11.4 Å². The fourth-order valence-corrected chi connectivity index (χ4v) is 4.29. The fourth-order valence-electron chi connectivity index (χ4n) is 2.03. The third-order valence-corrected chi connectivity index (χ3v) is 5.53. The van der Waals surface area contributed by atoms with Gasteiger partial charge in [-0.2, -0.15) is 9.57 Å². The van der Waals surface area contributed by atoms with Crippen molar-refractivity contribution in [3.63, 3.8) is 0 Å². The van der Waals surface area contributed by atoms with E-state index >= 15 is 0 Å². The summed E-state index contributed by atoms with van der Waals surface area (Å²) in [6.07, 6.45) is 0.752. The molecule has 0 amide bonds. The van der Waals surface area contributed by atoms with Gasteiger partial charge in [0.15, 0.2) is 5.75 Å². The average Bonchev–Trinajstić information content (AvgIpc) is 2.66. The molecular weight excluding hydrogens is 244 g/mol. The summed E-state index contributed by atoms with van der Waals surface area (Å²) in [7, 11) is -3.43. The maximum Gasteiger partial charge on any atom is 0.228 e. The van der Waals surface area contributed by atoms with Gasteiger partial charge in [-0.1, -0.05) is 0 Å². The molecule has 1 aromatic rings. The molecule has 1 atom stereocenters. The predicted octanol–water partition coefficient (Wildman–Crippen LogP) is 1.52. The molecule has 16 heavy (non-hydrogen) atoms. The van der Waals surface area contributed by atoms with E-state index in [2.05, 4.69) is 0 Å². The highest BCUT2D eigenvalue weighted by Gasteiger charge is 2.32. The lowest BCUT2D eigenvalue weighted by Gasteiger charge is -2.31. The molecule has 0 bridgehead atoms. The van der Waals surface area contributed by atoms with E-state index in [-0.39, 0.29) is 6.04 Å². The molecule has 1 aliphatic heterocycles. The minimum Gasteiger partial charge on any atom is -0.211 e. The zero-order chi connectivity index (χ0) is 11.8. The largest absolute Gasteiger partial charge is 0.228 e. The molecular formula is C10H12N2O2S2. The number of thiophene rings is 1. The molecule has 2 heterocycles. The van der Waals surface area contributed by atoms with Gasteiger partial charge in [-0.15, -0.1) is 11.3 Å². The summed E-state index contributed by atoms with van der Waals surface area (Å²) in [4.78, 5) is 1.26. The Morgan fingerprint density at radius 3 is 3.12 bits per heavy atom. The molecule has 6 heteroatoms. The van der Waals surface area contributed by atoms with Crippen molar-refractivity contribution < 1.29 is 8.42 Å². The van der Waals surface area contributed by atoms with Crippen molar-refractivity contribution in [2.75, 3.05) is 12.3 Å². The van der Waals surface area contributed by atoms with E-state index in [0.29, 0.717) is 6.54 Å². The normalized spacial score (nSPS) is 21.4. The van der Waals surface area contributed by atoms with Gasteiger partial charge in [0, 0.05) is 17.5 Å². The standard InChI is InChI=1S/C10H12N2O2S2/c1-8-9-3-6-15-10(9)2-5-12(8)16(13,14)7-4-11/h3,6,8H,2,5,7H2,1H3. The molecule has 86 valence electrons. The van der Waals surface area contributed by atoms with Crippen LogP contribution in [0.2, 0.25) is 0 Å². The summed E-state index contributed by atoms with van der Waals surface area (Å²) in [5.74, 6) is -0.434. The van der Waals surface area contributed by atoms with Gasteiger partial charge in [-0.05, 0) is 30.4 Å². The summed E-state index contributed by atoms with van der Waals surface area (Å²) in [6, 6.07) is 3.54. The van der Waals surface area contributed by atoms with Crippen molar-refractivity contribution in [1.29, 1.82) is 5.26 Å². The fraction of sp³-hybridized carbons (Fsp3) is 0.500. The monoisotopic (exact) mass is 256 g/mol. The molecule has 1 aliphatic rings. The van der Waals surface area contributed by atoms with Crippen molar-refractivity contribution in [3.8, 4) is 6.07 Å². The molecule has 0 fully saturated rings. The number of nitrogens with zero attached hydrogens (tertiary/aromatic N) is 2. The van der Waals surface area contributed by atoms with Crippen LogP contribution in [-0.4, -0.2) is 25.0 Å². The molecule has 0 aromatic carbocycles. The third-order valence-electron chi connectivity index (χ3n) is 2.83. The van der Waals surface area contributed by atoms with Gasteiger partial charge in [0.05, 0.1) is 6.07 Å². The molecule has 2 rings (SSSR count). The zero-order valence-corrected chi connectivity index (χ0v) is 10.5. The van der Waals surface area contributed by atoms with E-state index in [9.17, 15) is 8.42 Å². The summed E-state index contributed by atoms with van der Waals surface area (Å²) in [5, 5.41) is 10.5. The lowest BCUT2D eigenvalue weighted by atomic mass is 10.0. The van der Waals surface area contributed by atoms with E-state index in [1.54, 1.807) is 17.4 Å². The molecule has 1 unspecified atom stereocenters. The first kappa shape index (κ1) is 11.6. The summed E-state index contributed by atoms with van der Waals surface area (Å²) in [6.45, 7) is 2.36. The minimum atomic E-state index is -3.43. The van der Waals surface area contributed by atoms with Crippen molar-refractivity contribution in [1.82, 2.24) is 4.31 Å². The Labute approximate surface area is 99.2 Å². The first-order valence-corrected chi connectivity index (χ1v) is 7.48. The van der Waals surface area contributed by atoms with Crippen molar-refractivity contribution in [2.45, 2.75) is 19.4 Å². The highest BCUT2D eigenvalue weighted by atomic mass is 32.2. The number of hydrogen-bond donors (Lipinski definition) is 0. The van der Waals surface area contributed by atoms with Crippen LogP contribution in [0.4, 0.5) is 0 Å². The van der Waals surface area contributed by atoms with Crippen LogP contribution < -0.4 is 0 Å². The Bertz CT molecular complexity index is 527. The molecule has 1 aromatic heterocycles. The maximum atomic E-state index is 11.8. The van der Waals surface area contributed by atoms with Crippen LogP contribution >= 0.6 is 11.3 Å². The van der Waals surface area contributed by atoms with Crippen LogP contribution in [0.3, 0.4) is 0 Å². The zero-order valence-electron chi connectivity index (χ0n) is 8.88. The SMILES string of the molecule is CC1c2ccsc2CCN1S(=O)(=O)CC#N. The number of hydrogen-bond acceptors (Lipinski definition) is 4. The minimum absolute atomic E-state index is 0.145. The van der Waals surface area contributed by atoms with Gasteiger partial charge in [-0.3, -0.25) is 0 Å². The van der Waals surface area contributed by atoms with E-state index < -0.39 is 15.8 Å². The molecule has 0 saturated carbocycles. The van der Waals surface area contributed by atoms with Crippen molar-refractivity contribution >= 4 is 21.4 Å². The quantitative estimate of drug-likeness (QED) is 0.806. The molecule has 0 saturated heterocycles. The van der Waals surface area contributed by atoms with Crippen molar-refractivity contribution in [3.05, 3.63) is 21.9 Å². The van der Waals surface area contributed by atoms with Crippen LogP contribution in [0.25, 0.3) is 0 Å². The van der Waals surface area contributed by atoms with E-state index in [4.69, 9.17) is 5.26 Å². The number of nitriles is 1. The molecule has 4 nitrogen and oxygen atoms in total. The van der Waals surface area contributed by atoms with E-state index in [1.165, 1.54) is 9.18 Å². The Balaban J connectivity index is 2.33. The van der Waals surface area contributed by atoms with Crippen molar-refractivity contribution in [2.24, 2.45) is 0 Å². The number of rotatable bonds is 2. The third kappa shape index (κ3) is 1.86. The average molecular weight is 256 g/mol. The highest BCUT2D eigenvalue weighted by Crippen LogP contribution is 2.34. The smallest absolute Gasteiger partial charge is 0.211 e. The van der Waals surface area contributed by atoms with Gasteiger partial charge in [0.2, 0.25) is 10.0 Å². The van der Waals surface area contributed by atoms with Gasteiger partial charge in [0.1, 0.15) is 0 Å². The first-order valence-electron chi connectivity index (χ1n) is 4.99. The van der Waals surface area contributed by atoms with Crippen LogP contribution in [0, 0.1) is 11.3 Å². The molecule has 0 spiro atoms. The topological polar surface area (TPSA) is 61.2 Å². The van der Waals surface area contributed by atoms with Gasteiger partial charge < -0.3 is 0 Å². The van der Waals surface area contributed by atoms with Gasteiger partial charge in [-0.25, -0.2) is 8.42 Å². The van der Waals surface area contributed by atoms with Gasteiger partial charge in [0.25, 0.3) is 0 Å². The van der Waals surface area contributed by atoms with Crippen LogP contribution in [-0.2, 0) is 16.4 Å². The van der Waals surface area contributed by atoms with E-state index in [1.807, 2.05) is 18.4 Å². The molecule has 0 radical (unpaired) electrons.